The topological polar surface area (TPSA) is 38.8 Å². The molecule has 4 nitrogen and oxygen atoms in total. The lowest BCUT2D eigenvalue weighted by molar-refractivity contribution is 0.101. The summed E-state index contributed by atoms with van der Waals surface area (Å²) in [5, 5.41) is 0.569. The van der Waals surface area contributed by atoms with E-state index in [1.807, 2.05) is 6.07 Å². The highest BCUT2D eigenvalue weighted by molar-refractivity contribution is 6.33. The molecule has 0 amide bonds. The molecule has 0 N–H and O–H groups in total. The number of hydrogen-bond acceptors (Lipinski definition) is 4. The van der Waals surface area contributed by atoms with Gasteiger partial charge in [0.15, 0.2) is 5.78 Å². The van der Waals surface area contributed by atoms with Crippen LogP contribution in [0.25, 0.3) is 0 Å². The lowest BCUT2D eigenvalue weighted by Crippen LogP contribution is -2.30. The molecule has 5 heteroatoms. The van der Waals surface area contributed by atoms with Crippen molar-refractivity contribution in [2.45, 2.75) is 6.92 Å². The van der Waals surface area contributed by atoms with Crippen molar-refractivity contribution in [1.29, 1.82) is 0 Å². The van der Waals surface area contributed by atoms with Gasteiger partial charge in [-0.25, -0.2) is 0 Å². The molecule has 0 bridgehead atoms. The van der Waals surface area contributed by atoms with E-state index in [9.17, 15) is 4.79 Å². The molecule has 0 spiro atoms. The van der Waals surface area contributed by atoms with Crippen LogP contribution in [0.1, 0.15) is 17.3 Å². The molecule has 0 atom stereocenters. The van der Waals surface area contributed by atoms with E-state index < -0.39 is 0 Å². The van der Waals surface area contributed by atoms with E-state index >= 15 is 0 Å². The van der Waals surface area contributed by atoms with Gasteiger partial charge >= 0.3 is 0 Å². The number of benzene rings is 1. The second-order valence-electron chi connectivity index (χ2n) is 4.20. The van der Waals surface area contributed by atoms with Crippen molar-refractivity contribution < 1.29 is 14.3 Å². The Balaban J connectivity index is 2.90. The number of halogens is 1. The fourth-order valence-electron chi connectivity index (χ4n) is 1.74. The van der Waals surface area contributed by atoms with Crippen LogP contribution in [-0.2, 0) is 9.47 Å². The Morgan fingerprint density at radius 2 is 1.79 bits per heavy atom. The minimum Gasteiger partial charge on any atom is -0.383 e. The lowest BCUT2D eigenvalue weighted by Gasteiger charge is -2.25. The molecule has 106 valence electrons. The van der Waals surface area contributed by atoms with Gasteiger partial charge in [-0.15, -0.1) is 0 Å². The minimum atomic E-state index is 0.00813. The first-order chi connectivity index (χ1) is 9.10. The number of methoxy groups -OCH3 is 2. The first kappa shape index (κ1) is 16.0. The van der Waals surface area contributed by atoms with Crippen LogP contribution in [0, 0.1) is 0 Å². The van der Waals surface area contributed by atoms with E-state index in [1.54, 1.807) is 26.4 Å². The van der Waals surface area contributed by atoms with Gasteiger partial charge in [0.2, 0.25) is 0 Å². The van der Waals surface area contributed by atoms with Crippen LogP contribution in [0.5, 0.6) is 0 Å². The second kappa shape index (κ2) is 8.15. The van der Waals surface area contributed by atoms with E-state index in [0.717, 1.165) is 18.8 Å². The van der Waals surface area contributed by atoms with E-state index in [-0.39, 0.29) is 5.78 Å². The standard InChI is InChI=1S/C14H20ClNO3/c1-11(17)12-4-5-14(13(15)10-12)16(6-8-18-2)7-9-19-3/h4-5,10H,6-9H2,1-3H3. The molecule has 0 saturated carbocycles. The number of Topliss-reactive ketones (excluding diaryl/α,β-unsaturated/α-hetero) is 1. The maximum Gasteiger partial charge on any atom is 0.159 e. The van der Waals surface area contributed by atoms with Crippen LogP contribution < -0.4 is 4.90 Å². The van der Waals surface area contributed by atoms with Crippen molar-refractivity contribution in [2.24, 2.45) is 0 Å². The lowest BCUT2D eigenvalue weighted by atomic mass is 10.1. The third-order valence-corrected chi connectivity index (χ3v) is 3.13. The molecule has 0 saturated heterocycles. The monoisotopic (exact) mass is 285 g/mol. The summed E-state index contributed by atoms with van der Waals surface area (Å²) in [5.41, 5.74) is 1.51. The summed E-state index contributed by atoms with van der Waals surface area (Å²) >= 11 is 6.25. The van der Waals surface area contributed by atoms with Gasteiger partial charge in [0.05, 0.1) is 23.9 Å². The number of hydrogen-bond donors (Lipinski definition) is 0. The van der Waals surface area contributed by atoms with Gasteiger partial charge < -0.3 is 14.4 Å². The Morgan fingerprint density at radius 1 is 1.21 bits per heavy atom. The fraction of sp³-hybridized carbons (Fsp3) is 0.500. The Bertz CT molecular complexity index is 415. The Labute approximate surface area is 119 Å². The molecule has 1 aromatic rings. The molecule has 0 fully saturated rings. The van der Waals surface area contributed by atoms with E-state index in [1.165, 1.54) is 6.92 Å². The molecular weight excluding hydrogens is 266 g/mol. The number of anilines is 1. The zero-order valence-electron chi connectivity index (χ0n) is 11.6. The summed E-state index contributed by atoms with van der Waals surface area (Å²) in [6.07, 6.45) is 0. The molecule has 0 aliphatic rings. The molecular formula is C14H20ClNO3. The van der Waals surface area contributed by atoms with Crippen molar-refractivity contribution in [1.82, 2.24) is 0 Å². The van der Waals surface area contributed by atoms with Crippen LogP contribution in [0.3, 0.4) is 0 Å². The van der Waals surface area contributed by atoms with Crippen molar-refractivity contribution in [3.05, 3.63) is 28.8 Å². The Morgan fingerprint density at radius 3 is 2.21 bits per heavy atom. The van der Waals surface area contributed by atoms with Crippen LogP contribution in [0.15, 0.2) is 18.2 Å². The summed E-state index contributed by atoms with van der Waals surface area (Å²) in [4.78, 5) is 13.4. The zero-order chi connectivity index (χ0) is 14.3. The molecule has 0 heterocycles. The second-order valence-corrected chi connectivity index (χ2v) is 4.60. The highest BCUT2D eigenvalue weighted by Gasteiger charge is 2.12. The highest BCUT2D eigenvalue weighted by Crippen LogP contribution is 2.27. The number of ketones is 1. The summed E-state index contributed by atoms with van der Waals surface area (Å²) in [6.45, 7) is 4.18. The number of ether oxygens (including phenoxy) is 2. The van der Waals surface area contributed by atoms with Crippen LogP contribution in [0.2, 0.25) is 5.02 Å². The normalized spacial score (nSPS) is 10.5. The maximum atomic E-state index is 11.3. The molecule has 0 aliphatic heterocycles. The quantitative estimate of drug-likeness (QED) is 0.688. The summed E-state index contributed by atoms with van der Waals surface area (Å²) in [6, 6.07) is 5.35. The van der Waals surface area contributed by atoms with Crippen molar-refractivity contribution in [2.75, 3.05) is 45.4 Å². The van der Waals surface area contributed by atoms with Gasteiger partial charge in [-0.2, -0.15) is 0 Å². The first-order valence-electron chi connectivity index (χ1n) is 6.13. The third kappa shape index (κ3) is 4.82. The van der Waals surface area contributed by atoms with Crippen LogP contribution in [-0.4, -0.2) is 46.3 Å². The van der Waals surface area contributed by atoms with Crippen molar-refractivity contribution in [3.63, 3.8) is 0 Å². The predicted molar refractivity (Wildman–Crippen MR) is 77.4 cm³/mol. The molecule has 1 aromatic carbocycles. The van der Waals surface area contributed by atoms with Crippen LogP contribution >= 0.6 is 11.6 Å². The Hall–Kier alpha value is -1.10. The van der Waals surface area contributed by atoms with Gasteiger partial charge in [-0.1, -0.05) is 11.6 Å². The van der Waals surface area contributed by atoms with Gasteiger partial charge in [0, 0.05) is 32.9 Å². The SMILES string of the molecule is COCCN(CCOC)c1ccc(C(C)=O)cc1Cl. The first-order valence-corrected chi connectivity index (χ1v) is 6.51. The molecule has 0 radical (unpaired) electrons. The van der Waals surface area contributed by atoms with E-state index in [2.05, 4.69) is 4.90 Å². The summed E-state index contributed by atoms with van der Waals surface area (Å²) in [7, 11) is 3.32. The average molecular weight is 286 g/mol. The van der Waals surface area contributed by atoms with Gasteiger partial charge in [-0.3, -0.25) is 4.79 Å². The highest BCUT2D eigenvalue weighted by atomic mass is 35.5. The van der Waals surface area contributed by atoms with Crippen molar-refractivity contribution >= 4 is 23.1 Å². The van der Waals surface area contributed by atoms with Gasteiger partial charge in [-0.05, 0) is 25.1 Å². The number of carbonyl (C=O) groups excluding carboxylic acids is 1. The fourth-order valence-corrected chi connectivity index (χ4v) is 2.04. The molecule has 0 aliphatic carbocycles. The number of carbonyl (C=O) groups is 1. The smallest absolute Gasteiger partial charge is 0.159 e. The molecule has 19 heavy (non-hydrogen) atoms. The van der Waals surface area contributed by atoms with E-state index in [0.29, 0.717) is 23.8 Å². The molecule has 0 unspecified atom stereocenters. The van der Waals surface area contributed by atoms with Crippen molar-refractivity contribution in [3.8, 4) is 0 Å². The van der Waals surface area contributed by atoms with E-state index in [4.69, 9.17) is 21.1 Å². The largest absolute Gasteiger partial charge is 0.383 e. The average Bonchev–Trinajstić information content (AvgIpc) is 2.39. The molecule has 0 aromatic heterocycles. The predicted octanol–water partition coefficient (Wildman–Crippen LogP) is 2.64. The summed E-state index contributed by atoms with van der Waals surface area (Å²) < 4.78 is 10.2. The number of rotatable bonds is 8. The summed E-state index contributed by atoms with van der Waals surface area (Å²) in [5.74, 6) is 0.00813. The Kier molecular flexibility index (Phi) is 6.84. The zero-order valence-corrected chi connectivity index (χ0v) is 12.4. The van der Waals surface area contributed by atoms with Crippen LogP contribution in [0.4, 0.5) is 5.69 Å². The molecule has 1 rings (SSSR count). The number of nitrogens with zero attached hydrogens (tertiary/aromatic N) is 1. The van der Waals surface area contributed by atoms with Gasteiger partial charge in [0.25, 0.3) is 0 Å². The van der Waals surface area contributed by atoms with Gasteiger partial charge in [0.1, 0.15) is 0 Å². The maximum absolute atomic E-state index is 11.3. The third-order valence-electron chi connectivity index (χ3n) is 2.83. The minimum absolute atomic E-state index is 0.00813.